The van der Waals surface area contributed by atoms with E-state index in [0.29, 0.717) is 42.4 Å². The summed E-state index contributed by atoms with van der Waals surface area (Å²) in [5, 5.41) is 14.4. The van der Waals surface area contributed by atoms with Crippen molar-refractivity contribution in [1.29, 1.82) is 0 Å². The van der Waals surface area contributed by atoms with Crippen molar-refractivity contribution in [3.05, 3.63) is 41.0 Å². The lowest BCUT2D eigenvalue weighted by molar-refractivity contribution is -0.152. The van der Waals surface area contributed by atoms with Gasteiger partial charge in [0.1, 0.15) is 11.9 Å². The molecule has 41 heavy (non-hydrogen) atoms. The number of carbonyl (C=O) groups is 2. The summed E-state index contributed by atoms with van der Waals surface area (Å²) in [4.78, 5) is 31.9. The van der Waals surface area contributed by atoms with Crippen molar-refractivity contribution in [2.45, 2.75) is 78.7 Å². The van der Waals surface area contributed by atoms with E-state index in [2.05, 4.69) is 29.9 Å². The third-order valence-corrected chi connectivity index (χ3v) is 7.93. The number of anilines is 2. The minimum absolute atomic E-state index is 0.127. The fourth-order valence-electron chi connectivity index (χ4n) is 5.54. The first-order chi connectivity index (χ1) is 19.7. The van der Waals surface area contributed by atoms with Gasteiger partial charge >= 0.3 is 11.9 Å². The normalized spacial score (nSPS) is 19.6. The summed E-state index contributed by atoms with van der Waals surface area (Å²) >= 11 is 0. The van der Waals surface area contributed by atoms with Crippen LogP contribution in [0.5, 0.6) is 5.88 Å². The van der Waals surface area contributed by atoms with Gasteiger partial charge in [-0.25, -0.2) is 4.98 Å². The van der Waals surface area contributed by atoms with Gasteiger partial charge in [-0.1, -0.05) is 25.8 Å². The second-order valence-electron chi connectivity index (χ2n) is 10.8. The molecule has 2 aromatic heterocycles. The van der Waals surface area contributed by atoms with Crippen LogP contribution in [0.15, 0.2) is 24.3 Å². The van der Waals surface area contributed by atoms with Gasteiger partial charge in [0.25, 0.3) is 5.88 Å². The summed E-state index contributed by atoms with van der Waals surface area (Å²) < 4.78 is 13.2. The first kappa shape index (κ1) is 30.1. The molecule has 9 heteroatoms. The molecule has 0 spiro atoms. The average molecular weight is 561 g/mol. The maximum atomic E-state index is 13.4. The van der Waals surface area contributed by atoms with Gasteiger partial charge in [-0.15, -0.1) is 5.10 Å². The summed E-state index contributed by atoms with van der Waals surface area (Å²) in [7, 11) is 3.31. The number of pyridine rings is 1. The third-order valence-electron chi connectivity index (χ3n) is 7.93. The Morgan fingerprint density at radius 2 is 1.88 bits per heavy atom. The lowest BCUT2D eigenvalue weighted by Gasteiger charge is -2.24. The number of carboxylic acid groups (broad SMARTS) is 1. The summed E-state index contributed by atoms with van der Waals surface area (Å²) in [5.41, 5.74) is 4.47. The lowest BCUT2D eigenvalue weighted by atomic mass is 9.87. The van der Waals surface area contributed by atoms with E-state index in [1.807, 2.05) is 32.9 Å². The Morgan fingerprint density at radius 3 is 2.51 bits per heavy atom. The van der Waals surface area contributed by atoms with Gasteiger partial charge < -0.3 is 14.6 Å². The van der Waals surface area contributed by atoms with E-state index in [9.17, 15) is 14.7 Å². The molecule has 0 aliphatic heterocycles. The summed E-state index contributed by atoms with van der Waals surface area (Å²) in [5.74, 6) is 5.36. The van der Waals surface area contributed by atoms with Crippen LogP contribution >= 0.6 is 0 Å². The van der Waals surface area contributed by atoms with Gasteiger partial charge in [-0.3, -0.25) is 19.2 Å². The van der Waals surface area contributed by atoms with E-state index >= 15 is 0 Å². The topological polar surface area (TPSA) is 107 Å². The van der Waals surface area contributed by atoms with Crippen molar-refractivity contribution in [3.63, 3.8) is 0 Å². The zero-order valence-electron chi connectivity index (χ0n) is 25.1. The molecule has 218 valence electrons. The number of nitrogens with zero attached hydrogens (tertiary/aromatic N) is 4. The first-order valence-electron chi connectivity index (χ1n) is 14.3. The first-order valence-corrected chi connectivity index (χ1v) is 14.3. The van der Waals surface area contributed by atoms with E-state index < -0.39 is 11.4 Å². The molecule has 1 aromatic carbocycles. The highest BCUT2D eigenvalue weighted by molar-refractivity contribution is 6.11. The quantitative estimate of drug-likeness (QED) is 0.346. The Kier molecular flexibility index (Phi) is 9.03. The molecule has 2 heterocycles. The number of rotatable bonds is 8. The molecule has 2 atom stereocenters. The van der Waals surface area contributed by atoms with Crippen molar-refractivity contribution in [2.24, 2.45) is 12.5 Å². The summed E-state index contributed by atoms with van der Waals surface area (Å²) in [6.45, 7) is 9.89. The predicted molar refractivity (Wildman–Crippen MR) is 159 cm³/mol. The van der Waals surface area contributed by atoms with E-state index in [0.717, 1.165) is 35.2 Å². The number of hydrogen-bond acceptors (Lipinski definition) is 6. The van der Waals surface area contributed by atoms with Gasteiger partial charge in [0, 0.05) is 20.6 Å². The monoisotopic (exact) mass is 560 g/mol. The molecule has 0 bridgehead atoms. The van der Waals surface area contributed by atoms with Crippen LogP contribution in [0.2, 0.25) is 0 Å². The number of carbonyl (C=O) groups excluding carboxylic acids is 1. The molecule has 2 aliphatic rings. The van der Waals surface area contributed by atoms with E-state index in [1.165, 1.54) is 12.7 Å². The number of amides is 1. The number of aromatic nitrogens is 3. The SMILES string of the molecule is CC.CC#CC(=O)N(c1ccc2c(n1)c(OC1CCC(COC)(C(=O)O)C1)nn2C)c1cc(C)c(C)cc1C1CC1. The van der Waals surface area contributed by atoms with Crippen LogP contribution in [-0.4, -0.2) is 51.6 Å². The largest absolute Gasteiger partial charge is 0.481 e. The molecule has 3 aromatic rings. The Morgan fingerprint density at radius 1 is 1.17 bits per heavy atom. The smallest absolute Gasteiger partial charge is 0.312 e. The number of ether oxygens (including phenoxy) is 2. The molecule has 1 N–H and O–H groups in total. The molecular weight excluding hydrogens is 520 g/mol. The van der Waals surface area contributed by atoms with Crippen molar-refractivity contribution in [1.82, 2.24) is 14.8 Å². The minimum atomic E-state index is -0.979. The van der Waals surface area contributed by atoms with Crippen LogP contribution in [0, 0.1) is 31.1 Å². The number of aliphatic carboxylic acids is 1. The van der Waals surface area contributed by atoms with E-state index in [-0.39, 0.29) is 18.6 Å². The Bertz CT molecular complexity index is 1510. The predicted octanol–water partition coefficient (Wildman–Crippen LogP) is 5.83. The van der Waals surface area contributed by atoms with Crippen LogP contribution in [0.1, 0.15) is 75.5 Å². The third kappa shape index (κ3) is 5.94. The molecule has 5 rings (SSSR count). The molecule has 9 nitrogen and oxygen atoms in total. The zero-order valence-corrected chi connectivity index (χ0v) is 25.1. The Balaban J connectivity index is 0.00000189. The highest BCUT2D eigenvalue weighted by Crippen LogP contribution is 2.47. The van der Waals surface area contributed by atoms with Gasteiger partial charge in [-0.2, -0.15) is 0 Å². The van der Waals surface area contributed by atoms with Crippen molar-refractivity contribution < 1.29 is 24.2 Å². The van der Waals surface area contributed by atoms with Crippen molar-refractivity contribution in [3.8, 4) is 17.7 Å². The molecule has 2 fully saturated rings. The molecule has 1 amide bonds. The minimum Gasteiger partial charge on any atom is -0.481 e. The van der Waals surface area contributed by atoms with Crippen LogP contribution in [-0.2, 0) is 21.4 Å². The zero-order chi connectivity index (χ0) is 29.9. The van der Waals surface area contributed by atoms with Crippen LogP contribution < -0.4 is 9.64 Å². The second kappa shape index (κ2) is 12.3. The van der Waals surface area contributed by atoms with Crippen LogP contribution in [0.3, 0.4) is 0 Å². The number of hydrogen-bond donors (Lipinski definition) is 1. The fourth-order valence-corrected chi connectivity index (χ4v) is 5.54. The number of methoxy groups -OCH3 is 1. The number of benzene rings is 1. The maximum Gasteiger partial charge on any atom is 0.312 e. The highest BCUT2D eigenvalue weighted by Gasteiger charge is 2.47. The molecule has 0 radical (unpaired) electrons. The van der Waals surface area contributed by atoms with Crippen molar-refractivity contribution >= 4 is 34.4 Å². The average Bonchev–Trinajstić information content (AvgIpc) is 3.64. The summed E-state index contributed by atoms with van der Waals surface area (Å²) in [6, 6.07) is 7.90. The standard InChI is InChI=1S/C30H34N4O5.C2H6/c1-6-7-26(35)34(24-15-19(3)18(2)14-22(24)20-8-9-20)25-11-10-23-27(31-25)28(32-33(23)4)39-21-12-13-30(16-21,17-38-5)29(36)37;1-2/h10-11,14-15,20-21H,8-9,12-13,16-17H2,1-5H3,(H,36,37);1-2H3. The van der Waals surface area contributed by atoms with E-state index in [1.54, 1.807) is 29.6 Å². The maximum absolute atomic E-state index is 13.4. The van der Waals surface area contributed by atoms with E-state index in [4.69, 9.17) is 14.5 Å². The number of carboxylic acids is 1. The molecule has 2 unspecified atom stereocenters. The highest BCUT2D eigenvalue weighted by atomic mass is 16.5. The number of aryl methyl sites for hydroxylation is 3. The van der Waals surface area contributed by atoms with Gasteiger partial charge in [-0.05, 0) is 93.2 Å². The number of fused-ring (bicyclic) bond motifs is 1. The van der Waals surface area contributed by atoms with Gasteiger partial charge in [0.05, 0.1) is 23.2 Å². The molecule has 2 aliphatic carbocycles. The van der Waals surface area contributed by atoms with Gasteiger partial charge in [0.15, 0.2) is 5.52 Å². The van der Waals surface area contributed by atoms with Crippen LogP contribution in [0.4, 0.5) is 11.5 Å². The Hall–Kier alpha value is -3.90. The molecule has 2 saturated carbocycles. The van der Waals surface area contributed by atoms with Gasteiger partial charge in [0.2, 0.25) is 0 Å². The summed E-state index contributed by atoms with van der Waals surface area (Å²) in [6.07, 6.45) is 3.18. The van der Waals surface area contributed by atoms with Crippen LogP contribution in [0.25, 0.3) is 11.0 Å². The molecule has 0 saturated heterocycles. The Labute approximate surface area is 241 Å². The lowest BCUT2D eigenvalue weighted by Crippen LogP contribution is -2.34. The molecular formula is C32H40N4O5. The fraction of sp³-hybridized carbons (Fsp3) is 0.500. The second-order valence-corrected chi connectivity index (χ2v) is 10.8. The van der Waals surface area contributed by atoms with Crippen molar-refractivity contribution in [2.75, 3.05) is 18.6 Å².